The van der Waals surface area contributed by atoms with Crippen LogP contribution in [0.15, 0.2) is 12.3 Å². The van der Waals surface area contributed by atoms with Crippen molar-refractivity contribution in [2.24, 2.45) is 0 Å². The maximum atomic E-state index is 2.28. The molecule has 56 valence electrons. The first-order chi connectivity index (χ1) is 4.77. The molecule has 0 aromatic carbocycles. The topological polar surface area (TPSA) is 4.93 Å². The minimum atomic E-state index is 1.09. The van der Waals surface area contributed by atoms with Crippen LogP contribution in [-0.4, -0.2) is 4.57 Å². The number of aromatic nitrogens is 1. The molecule has 0 N–H and O–H groups in total. The number of hydrogen-bond acceptors (Lipinski definition) is 0. The van der Waals surface area contributed by atoms with Gasteiger partial charge in [0.15, 0.2) is 0 Å². The van der Waals surface area contributed by atoms with E-state index in [4.69, 9.17) is 0 Å². The highest BCUT2D eigenvalue weighted by Gasteiger charge is 1.96. The van der Waals surface area contributed by atoms with Crippen LogP contribution < -0.4 is 0 Å². The zero-order valence-corrected chi connectivity index (χ0v) is 7.02. The van der Waals surface area contributed by atoms with Crippen molar-refractivity contribution in [2.45, 2.75) is 33.7 Å². The van der Waals surface area contributed by atoms with Gasteiger partial charge < -0.3 is 4.57 Å². The van der Waals surface area contributed by atoms with Crippen molar-refractivity contribution in [3.8, 4) is 0 Å². The zero-order valence-electron chi connectivity index (χ0n) is 7.02. The van der Waals surface area contributed by atoms with Gasteiger partial charge in [0.05, 0.1) is 0 Å². The van der Waals surface area contributed by atoms with Crippen molar-refractivity contribution in [3.05, 3.63) is 23.5 Å². The molecule has 1 heteroatoms. The molecule has 0 bridgehead atoms. The molecule has 0 atom stereocenters. The Morgan fingerprint density at radius 2 is 2.10 bits per heavy atom. The predicted molar refractivity (Wildman–Crippen MR) is 44.2 cm³/mol. The SMILES string of the molecule is CCc1cc(C)n(CC)c1. The molecule has 0 amide bonds. The Bertz CT molecular complexity index is 211. The molecule has 0 unspecified atom stereocenters. The number of hydrogen-bond donors (Lipinski definition) is 0. The lowest BCUT2D eigenvalue weighted by molar-refractivity contribution is 0.741. The Morgan fingerprint density at radius 1 is 1.40 bits per heavy atom. The van der Waals surface area contributed by atoms with Crippen LogP contribution in [-0.2, 0) is 13.0 Å². The number of rotatable bonds is 2. The molecule has 0 saturated carbocycles. The summed E-state index contributed by atoms with van der Waals surface area (Å²) in [6.45, 7) is 7.61. The van der Waals surface area contributed by atoms with Gasteiger partial charge in [-0.05, 0) is 31.9 Å². The van der Waals surface area contributed by atoms with E-state index in [9.17, 15) is 0 Å². The summed E-state index contributed by atoms with van der Waals surface area (Å²) in [6.07, 6.45) is 3.38. The highest BCUT2D eigenvalue weighted by atomic mass is 14.9. The average Bonchev–Trinajstić information content (AvgIpc) is 2.30. The molecule has 10 heavy (non-hydrogen) atoms. The molecular weight excluding hydrogens is 122 g/mol. The minimum absolute atomic E-state index is 1.09. The summed E-state index contributed by atoms with van der Waals surface area (Å²) in [5.74, 6) is 0. The number of nitrogens with zero attached hydrogens (tertiary/aromatic N) is 1. The van der Waals surface area contributed by atoms with Crippen LogP contribution in [0, 0.1) is 6.92 Å². The second-order valence-electron chi connectivity index (χ2n) is 2.63. The maximum Gasteiger partial charge on any atom is 0.0193 e. The summed E-state index contributed by atoms with van der Waals surface area (Å²) in [4.78, 5) is 0. The lowest BCUT2D eigenvalue weighted by Gasteiger charge is -1.97. The van der Waals surface area contributed by atoms with Crippen molar-refractivity contribution in [2.75, 3.05) is 0 Å². The van der Waals surface area contributed by atoms with Crippen LogP contribution in [0.2, 0.25) is 0 Å². The third kappa shape index (κ3) is 1.23. The summed E-state index contributed by atoms with van der Waals surface area (Å²) in [5, 5.41) is 0. The molecule has 1 aromatic heterocycles. The fraction of sp³-hybridized carbons (Fsp3) is 0.556. The van der Waals surface area contributed by atoms with Gasteiger partial charge in [-0.1, -0.05) is 6.92 Å². The summed E-state index contributed by atoms with van der Waals surface area (Å²) in [5.41, 5.74) is 2.82. The first kappa shape index (κ1) is 7.39. The van der Waals surface area contributed by atoms with Crippen molar-refractivity contribution < 1.29 is 0 Å². The summed E-state index contributed by atoms with van der Waals surface area (Å²) in [6, 6.07) is 2.25. The summed E-state index contributed by atoms with van der Waals surface area (Å²) >= 11 is 0. The van der Waals surface area contributed by atoms with E-state index in [-0.39, 0.29) is 0 Å². The first-order valence-electron chi connectivity index (χ1n) is 3.93. The van der Waals surface area contributed by atoms with Gasteiger partial charge in [0, 0.05) is 18.4 Å². The van der Waals surface area contributed by atoms with E-state index in [0.29, 0.717) is 0 Å². The molecule has 1 rings (SSSR count). The predicted octanol–water partition coefficient (Wildman–Crippen LogP) is 2.38. The average molecular weight is 137 g/mol. The van der Waals surface area contributed by atoms with Gasteiger partial charge in [0.25, 0.3) is 0 Å². The van der Waals surface area contributed by atoms with E-state index in [0.717, 1.165) is 13.0 Å². The van der Waals surface area contributed by atoms with Crippen LogP contribution in [0.4, 0.5) is 0 Å². The van der Waals surface area contributed by atoms with Crippen LogP contribution in [0.25, 0.3) is 0 Å². The molecule has 1 aromatic rings. The largest absolute Gasteiger partial charge is 0.352 e. The molecular formula is C9H15N. The fourth-order valence-corrected chi connectivity index (χ4v) is 1.22. The second kappa shape index (κ2) is 2.91. The van der Waals surface area contributed by atoms with Crippen LogP contribution in [0.3, 0.4) is 0 Å². The van der Waals surface area contributed by atoms with E-state index in [1.54, 1.807) is 0 Å². The molecule has 0 aliphatic carbocycles. The van der Waals surface area contributed by atoms with Crippen molar-refractivity contribution in [3.63, 3.8) is 0 Å². The van der Waals surface area contributed by atoms with Gasteiger partial charge in [-0.2, -0.15) is 0 Å². The van der Waals surface area contributed by atoms with Crippen molar-refractivity contribution in [1.29, 1.82) is 0 Å². The van der Waals surface area contributed by atoms with Gasteiger partial charge >= 0.3 is 0 Å². The van der Waals surface area contributed by atoms with Crippen molar-refractivity contribution in [1.82, 2.24) is 4.57 Å². The minimum Gasteiger partial charge on any atom is -0.352 e. The van der Waals surface area contributed by atoms with Crippen LogP contribution in [0.5, 0.6) is 0 Å². The first-order valence-corrected chi connectivity index (χ1v) is 3.93. The van der Waals surface area contributed by atoms with Gasteiger partial charge in [-0.3, -0.25) is 0 Å². The summed E-state index contributed by atoms with van der Waals surface area (Å²) in [7, 11) is 0. The Morgan fingerprint density at radius 3 is 2.40 bits per heavy atom. The van der Waals surface area contributed by atoms with E-state index >= 15 is 0 Å². The molecule has 0 aliphatic rings. The monoisotopic (exact) mass is 137 g/mol. The fourth-order valence-electron chi connectivity index (χ4n) is 1.22. The molecule has 1 heterocycles. The van der Waals surface area contributed by atoms with Crippen LogP contribution >= 0.6 is 0 Å². The lowest BCUT2D eigenvalue weighted by Crippen LogP contribution is -1.92. The Balaban J connectivity index is 2.92. The van der Waals surface area contributed by atoms with Gasteiger partial charge in [0.2, 0.25) is 0 Å². The van der Waals surface area contributed by atoms with Gasteiger partial charge in [0.1, 0.15) is 0 Å². The van der Waals surface area contributed by atoms with E-state index in [1.165, 1.54) is 11.3 Å². The Labute approximate surface area is 62.7 Å². The van der Waals surface area contributed by atoms with Gasteiger partial charge in [-0.25, -0.2) is 0 Å². The molecule has 0 fully saturated rings. The molecule has 0 aliphatic heterocycles. The molecule has 0 saturated heterocycles. The van der Waals surface area contributed by atoms with E-state index in [2.05, 4.69) is 37.6 Å². The molecule has 0 spiro atoms. The van der Waals surface area contributed by atoms with E-state index < -0.39 is 0 Å². The maximum absolute atomic E-state index is 2.28. The zero-order chi connectivity index (χ0) is 7.56. The van der Waals surface area contributed by atoms with E-state index in [1.807, 2.05) is 0 Å². The highest BCUT2D eigenvalue weighted by molar-refractivity contribution is 5.17. The highest BCUT2D eigenvalue weighted by Crippen LogP contribution is 2.07. The standard InChI is InChI=1S/C9H15N/c1-4-9-6-8(3)10(5-2)7-9/h6-7H,4-5H2,1-3H3. The van der Waals surface area contributed by atoms with Crippen LogP contribution in [0.1, 0.15) is 25.1 Å². The number of aryl methyl sites for hydroxylation is 3. The van der Waals surface area contributed by atoms with Gasteiger partial charge in [-0.15, -0.1) is 0 Å². The smallest absolute Gasteiger partial charge is 0.0193 e. The third-order valence-electron chi connectivity index (χ3n) is 1.92. The Kier molecular flexibility index (Phi) is 2.15. The Hall–Kier alpha value is -0.720. The third-order valence-corrected chi connectivity index (χ3v) is 1.92. The normalized spacial score (nSPS) is 10.3. The summed E-state index contributed by atoms with van der Waals surface area (Å²) < 4.78 is 2.28. The molecule has 0 radical (unpaired) electrons. The lowest BCUT2D eigenvalue weighted by atomic mass is 10.2. The molecule has 1 nitrogen and oxygen atoms in total. The van der Waals surface area contributed by atoms with Crippen molar-refractivity contribution >= 4 is 0 Å². The second-order valence-corrected chi connectivity index (χ2v) is 2.63. The quantitative estimate of drug-likeness (QED) is 0.589.